The summed E-state index contributed by atoms with van der Waals surface area (Å²) in [7, 11) is 0. The number of fused-ring (bicyclic) bond motifs is 1. The molecule has 5 nitrogen and oxygen atoms in total. The van der Waals surface area contributed by atoms with Gasteiger partial charge in [-0.3, -0.25) is 4.79 Å². The number of pyridine rings is 1. The highest BCUT2D eigenvalue weighted by molar-refractivity contribution is 6.29. The van der Waals surface area contributed by atoms with Crippen molar-refractivity contribution in [1.29, 1.82) is 0 Å². The van der Waals surface area contributed by atoms with Gasteiger partial charge in [0.15, 0.2) is 6.61 Å². The molecule has 0 aliphatic heterocycles. The molecule has 23 heavy (non-hydrogen) atoms. The highest BCUT2D eigenvalue weighted by Crippen LogP contribution is 2.30. The summed E-state index contributed by atoms with van der Waals surface area (Å²) >= 11 is 5.71. The van der Waals surface area contributed by atoms with Crippen molar-refractivity contribution < 1.29 is 14.3 Å². The van der Waals surface area contributed by atoms with E-state index in [1.807, 2.05) is 18.2 Å². The first-order valence-corrected chi connectivity index (χ1v) is 7.67. The highest BCUT2D eigenvalue weighted by atomic mass is 35.5. The van der Waals surface area contributed by atoms with Crippen LogP contribution < -0.4 is 5.32 Å². The second-order valence-electron chi connectivity index (χ2n) is 5.30. The second-order valence-corrected chi connectivity index (χ2v) is 5.69. The number of ether oxygens (including phenoxy) is 1. The molecule has 2 aromatic rings. The van der Waals surface area contributed by atoms with E-state index < -0.39 is 5.97 Å². The molecule has 1 atom stereocenters. The fourth-order valence-corrected chi connectivity index (χ4v) is 2.86. The van der Waals surface area contributed by atoms with E-state index >= 15 is 0 Å². The number of nitrogens with one attached hydrogen (secondary N) is 1. The maximum atomic E-state index is 12.0. The van der Waals surface area contributed by atoms with E-state index in [1.165, 1.54) is 23.9 Å². The molecule has 0 radical (unpaired) electrons. The van der Waals surface area contributed by atoms with Crippen LogP contribution in [0.1, 0.15) is 33.9 Å². The van der Waals surface area contributed by atoms with E-state index in [4.69, 9.17) is 16.3 Å². The molecule has 0 saturated heterocycles. The van der Waals surface area contributed by atoms with E-state index in [1.54, 1.807) is 0 Å². The zero-order chi connectivity index (χ0) is 16.2. The lowest BCUT2D eigenvalue weighted by Gasteiger charge is -2.14. The number of hydrogen-bond donors (Lipinski definition) is 1. The van der Waals surface area contributed by atoms with Crippen molar-refractivity contribution in [1.82, 2.24) is 10.3 Å². The normalized spacial score (nSPS) is 15.8. The molecule has 0 bridgehead atoms. The fourth-order valence-electron chi connectivity index (χ4n) is 2.69. The summed E-state index contributed by atoms with van der Waals surface area (Å²) in [5.74, 6) is -0.920. The van der Waals surface area contributed by atoms with Gasteiger partial charge in [0.05, 0.1) is 11.6 Å². The van der Waals surface area contributed by atoms with Crippen LogP contribution in [-0.2, 0) is 16.0 Å². The van der Waals surface area contributed by atoms with Crippen molar-refractivity contribution in [3.8, 4) is 0 Å². The quantitative estimate of drug-likeness (QED) is 0.691. The Morgan fingerprint density at radius 3 is 2.96 bits per heavy atom. The molecule has 118 valence electrons. The van der Waals surface area contributed by atoms with Crippen molar-refractivity contribution >= 4 is 23.5 Å². The lowest BCUT2D eigenvalue weighted by atomic mass is 10.1. The van der Waals surface area contributed by atoms with Crippen molar-refractivity contribution in [2.75, 3.05) is 6.61 Å². The number of carbonyl (C=O) groups excluding carboxylic acids is 2. The van der Waals surface area contributed by atoms with Crippen LogP contribution in [0.5, 0.6) is 0 Å². The average Bonchev–Trinajstić information content (AvgIpc) is 2.96. The van der Waals surface area contributed by atoms with E-state index in [0.29, 0.717) is 0 Å². The Balaban J connectivity index is 1.54. The molecular weight excluding hydrogens is 316 g/mol. The van der Waals surface area contributed by atoms with Gasteiger partial charge in [-0.15, -0.1) is 0 Å². The monoisotopic (exact) mass is 330 g/mol. The number of benzene rings is 1. The summed E-state index contributed by atoms with van der Waals surface area (Å²) in [6.45, 7) is -0.322. The van der Waals surface area contributed by atoms with Crippen LogP contribution in [0.25, 0.3) is 0 Å². The third-order valence-electron chi connectivity index (χ3n) is 3.76. The van der Waals surface area contributed by atoms with Crippen LogP contribution in [0.4, 0.5) is 0 Å². The Hall–Kier alpha value is -2.40. The predicted octanol–water partition coefficient (Wildman–Crippen LogP) is 2.70. The van der Waals surface area contributed by atoms with Gasteiger partial charge in [0.1, 0.15) is 5.15 Å². The maximum Gasteiger partial charge on any atom is 0.338 e. The van der Waals surface area contributed by atoms with Crippen LogP contribution in [0.3, 0.4) is 0 Å². The van der Waals surface area contributed by atoms with Crippen LogP contribution in [0.2, 0.25) is 5.15 Å². The minimum Gasteiger partial charge on any atom is -0.452 e. The molecule has 3 rings (SSSR count). The molecule has 0 saturated carbocycles. The number of amides is 1. The zero-order valence-corrected chi connectivity index (χ0v) is 13.0. The first kappa shape index (κ1) is 15.5. The summed E-state index contributed by atoms with van der Waals surface area (Å²) in [5.41, 5.74) is 2.65. The third kappa shape index (κ3) is 3.68. The number of aryl methyl sites for hydroxylation is 1. The first-order valence-electron chi connectivity index (χ1n) is 7.29. The Morgan fingerprint density at radius 1 is 1.30 bits per heavy atom. The Kier molecular flexibility index (Phi) is 4.57. The molecular formula is C17H15ClN2O3. The molecule has 0 unspecified atom stereocenters. The van der Waals surface area contributed by atoms with Crippen LogP contribution in [0.15, 0.2) is 42.6 Å². The summed E-state index contributed by atoms with van der Waals surface area (Å²) in [4.78, 5) is 27.6. The van der Waals surface area contributed by atoms with E-state index in [9.17, 15) is 9.59 Å². The van der Waals surface area contributed by atoms with Gasteiger partial charge in [0.25, 0.3) is 5.91 Å². The lowest BCUT2D eigenvalue weighted by molar-refractivity contribution is -0.125. The minimum absolute atomic E-state index is 0.0206. The van der Waals surface area contributed by atoms with Crippen molar-refractivity contribution in [3.05, 3.63) is 64.4 Å². The van der Waals surface area contributed by atoms with E-state index in [0.717, 1.165) is 18.4 Å². The van der Waals surface area contributed by atoms with Gasteiger partial charge in [0.2, 0.25) is 0 Å². The molecule has 1 aromatic heterocycles. The molecule has 1 aromatic carbocycles. The number of nitrogens with zero attached hydrogens (tertiary/aromatic N) is 1. The minimum atomic E-state index is -0.601. The lowest BCUT2D eigenvalue weighted by Crippen LogP contribution is -2.31. The maximum absolute atomic E-state index is 12.0. The summed E-state index contributed by atoms with van der Waals surface area (Å²) in [6, 6.07) is 10.9. The Bertz CT molecular complexity index is 748. The number of halogens is 1. The van der Waals surface area contributed by atoms with Gasteiger partial charge in [-0.2, -0.15) is 0 Å². The predicted molar refractivity (Wildman–Crippen MR) is 85.2 cm³/mol. The fraction of sp³-hybridized carbons (Fsp3) is 0.235. The molecule has 1 heterocycles. The number of esters is 1. The molecule has 1 aliphatic rings. The SMILES string of the molecule is O=C(COC(=O)c1ccnc(Cl)c1)N[C@@H]1CCc2ccccc21. The molecule has 1 N–H and O–H groups in total. The van der Waals surface area contributed by atoms with Crippen LogP contribution >= 0.6 is 11.6 Å². The van der Waals surface area contributed by atoms with Gasteiger partial charge in [-0.05, 0) is 36.1 Å². The third-order valence-corrected chi connectivity index (χ3v) is 3.97. The standard InChI is InChI=1S/C17H15ClN2O3/c18-15-9-12(7-8-19-15)17(22)23-10-16(21)20-14-6-5-11-3-1-2-4-13(11)14/h1-4,7-9,14H,5-6,10H2,(H,20,21)/t14-/m1/s1. The number of carbonyl (C=O) groups is 2. The molecule has 0 fully saturated rings. The van der Waals surface area contributed by atoms with Gasteiger partial charge in [-0.25, -0.2) is 9.78 Å². The van der Waals surface area contributed by atoms with Gasteiger partial charge in [0, 0.05) is 6.20 Å². The zero-order valence-electron chi connectivity index (χ0n) is 12.3. The van der Waals surface area contributed by atoms with Crippen molar-refractivity contribution in [2.45, 2.75) is 18.9 Å². The van der Waals surface area contributed by atoms with Crippen molar-refractivity contribution in [2.24, 2.45) is 0 Å². The van der Waals surface area contributed by atoms with Crippen LogP contribution in [0, 0.1) is 0 Å². The molecule has 0 spiro atoms. The second kappa shape index (κ2) is 6.79. The largest absolute Gasteiger partial charge is 0.452 e. The number of aromatic nitrogens is 1. The smallest absolute Gasteiger partial charge is 0.338 e. The van der Waals surface area contributed by atoms with Gasteiger partial charge >= 0.3 is 5.97 Å². The topological polar surface area (TPSA) is 68.3 Å². The summed E-state index contributed by atoms with van der Waals surface area (Å²) in [6.07, 6.45) is 3.21. The summed E-state index contributed by atoms with van der Waals surface area (Å²) in [5, 5.41) is 3.10. The molecule has 6 heteroatoms. The molecule has 1 aliphatic carbocycles. The number of rotatable bonds is 4. The summed E-state index contributed by atoms with van der Waals surface area (Å²) < 4.78 is 5.01. The Morgan fingerprint density at radius 2 is 2.13 bits per heavy atom. The first-order chi connectivity index (χ1) is 11.1. The van der Waals surface area contributed by atoms with Gasteiger partial charge in [-0.1, -0.05) is 35.9 Å². The van der Waals surface area contributed by atoms with Gasteiger partial charge < -0.3 is 10.1 Å². The Labute approximate surface area is 138 Å². The van der Waals surface area contributed by atoms with Crippen molar-refractivity contribution in [3.63, 3.8) is 0 Å². The van der Waals surface area contributed by atoms with E-state index in [-0.39, 0.29) is 29.3 Å². The highest BCUT2D eigenvalue weighted by Gasteiger charge is 2.23. The molecule has 1 amide bonds. The van der Waals surface area contributed by atoms with E-state index in [2.05, 4.69) is 16.4 Å². The number of hydrogen-bond acceptors (Lipinski definition) is 4. The average molecular weight is 331 g/mol. The van der Waals surface area contributed by atoms with Crippen LogP contribution in [-0.4, -0.2) is 23.5 Å².